The molecule has 2 rings (SSSR count). The minimum Gasteiger partial charge on any atom is -0.399 e. The molecule has 0 aliphatic heterocycles. The third-order valence-corrected chi connectivity index (χ3v) is 2.64. The molecule has 0 unspecified atom stereocenters. The molecule has 0 fully saturated rings. The fourth-order valence-electron chi connectivity index (χ4n) is 1.83. The van der Waals surface area contributed by atoms with E-state index in [9.17, 15) is 4.79 Å². The van der Waals surface area contributed by atoms with Crippen molar-refractivity contribution in [3.8, 4) is 0 Å². The molecule has 6 heteroatoms. The Bertz CT molecular complexity index is 570. The monoisotopic (exact) mass is 259 g/mol. The molecule has 0 bridgehead atoms. The van der Waals surface area contributed by atoms with Crippen molar-refractivity contribution in [1.29, 1.82) is 0 Å². The van der Waals surface area contributed by atoms with Crippen LogP contribution in [-0.2, 0) is 13.5 Å². The van der Waals surface area contributed by atoms with Crippen molar-refractivity contribution in [2.24, 2.45) is 7.05 Å². The van der Waals surface area contributed by atoms with E-state index in [-0.39, 0.29) is 5.91 Å². The zero-order valence-electron chi connectivity index (χ0n) is 11.1. The number of anilines is 1. The van der Waals surface area contributed by atoms with Gasteiger partial charge in [0, 0.05) is 31.3 Å². The van der Waals surface area contributed by atoms with Crippen molar-refractivity contribution in [2.75, 3.05) is 12.3 Å². The molecule has 0 spiro atoms. The van der Waals surface area contributed by atoms with E-state index in [1.807, 2.05) is 26.1 Å². The quantitative estimate of drug-likeness (QED) is 0.790. The fourth-order valence-corrected chi connectivity index (χ4v) is 1.83. The van der Waals surface area contributed by atoms with Crippen LogP contribution in [0, 0.1) is 6.92 Å². The lowest BCUT2D eigenvalue weighted by atomic mass is 10.1. The van der Waals surface area contributed by atoms with E-state index in [0.29, 0.717) is 30.0 Å². The second-order valence-corrected chi connectivity index (χ2v) is 4.47. The summed E-state index contributed by atoms with van der Waals surface area (Å²) in [4.78, 5) is 16.0. The molecule has 1 amide bonds. The maximum atomic E-state index is 11.9. The molecule has 0 atom stereocenters. The van der Waals surface area contributed by atoms with Gasteiger partial charge < -0.3 is 11.1 Å². The number of aromatic nitrogens is 3. The molecular weight excluding hydrogens is 242 g/mol. The highest BCUT2D eigenvalue weighted by molar-refractivity contribution is 5.95. The standard InChI is InChI=1S/C13H17N5O/c1-9-5-10(7-11(14)6-9)13(19)15-4-3-12-16-8-18(2)17-12/h5-8H,3-4,14H2,1-2H3,(H,15,19). The Morgan fingerprint density at radius 3 is 2.84 bits per heavy atom. The third-order valence-electron chi connectivity index (χ3n) is 2.64. The van der Waals surface area contributed by atoms with Gasteiger partial charge in [-0.3, -0.25) is 9.48 Å². The van der Waals surface area contributed by atoms with Gasteiger partial charge in [0.2, 0.25) is 0 Å². The zero-order chi connectivity index (χ0) is 13.8. The summed E-state index contributed by atoms with van der Waals surface area (Å²) in [5.41, 5.74) is 7.86. The number of carbonyl (C=O) groups is 1. The number of nitrogens with two attached hydrogens (primary N) is 1. The van der Waals surface area contributed by atoms with Crippen LogP contribution in [0.25, 0.3) is 0 Å². The number of aryl methyl sites for hydroxylation is 2. The summed E-state index contributed by atoms with van der Waals surface area (Å²) in [6, 6.07) is 5.31. The van der Waals surface area contributed by atoms with Crippen LogP contribution in [0.15, 0.2) is 24.5 Å². The van der Waals surface area contributed by atoms with Crippen LogP contribution in [0.4, 0.5) is 5.69 Å². The number of hydrogen-bond donors (Lipinski definition) is 2. The first-order chi connectivity index (χ1) is 9.04. The Morgan fingerprint density at radius 2 is 2.21 bits per heavy atom. The Labute approximate surface area is 111 Å². The van der Waals surface area contributed by atoms with Crippen LogP contribution in [-0.4, -0.2) is 27.2 Å². The first-order valence-corrected chi connectivity index (χ1v) is 6.04. The lowest BCUT2D eigenvalue weighted by Crippen LogP contribution is -2.26. The van der Waals surface area contributed by atoms with E-state index in [4.69, 9.17) is 5.73 Å². The molecule has 100 valence electrons. The molecule has 0 radical (unpaired) electrons. The summed E-state index contributed by atoms with van der Waals surface area (Å²) in [7, 11) is 1.81. The number of amides is 1. The normalized spacial score (nSPS) is 10.4. The van der Waals surface area contributed by atoms with Crippen LogP contribution in [0.2, 0.25) is 0 Å². The van der Waals surface area contributed by atoms with Gasteiger partial charge >= 0.3 is 0 Å². The Morgan fingerprint density at radius 1 is 1.42 bits per heavy atom. The Kier molecular flexibility index (Phi) is 3.79. The van der Waals surface area contributed by atoms with E-state index in [2.05, 4.69) is 15.4 Å². The first kappa shape index (κ1) is 13.1. The smallest absolute Gasteiger partial charge is 0.251 e. The van der Waals surface area contributed by atoms with Crippen LogP contribution >= 0.6 is 0 Å². The Hall–Kier alpha value is -2.37. The second-order valence-electron chi connectivity index (χ2n) is 4.47. The van der Waals surface area contributed by atoms with Crippen LogP contribution in [0.1, 0.15) is 21.7 Å². The topological polar surface area (TPSA) is 85.8 Å². The van der Waals surface area contributed by atoms with Crippen LogP contribution in [0.3, 0.4) is 0 Å². The van der Waals surface area contributed by atoms with Crippen molar-refractivity contribution >= 4 is 11.6 Å². The highest BCUT2D eigenvalue weighted by Crippen LogP contribution is 2.10. The molecule has 2 aromatic rings. The second kappa shape index (κ2) is 5.51. The van der Waals surface area contributed by atoms with Crippen molar-refractivity contribution in [2.45, 2.75) is 13.3 Å². The molecule has 3 N–H and O–H groups in total. The molecule has 1 heterocycles. The minimum atomic E-state index is -0.133. The summed E-state index contributed by atoms with van der Waals surface area (Å²) in [5.74, 6) is 0.581. The largest absolute Gasteiger partial charge is 0.399 e. The summed E-state index contributed by atoms with van der Waals surface area (Å²) >= 11 is 0. The summed E-state index contributed by atoms with van der Waals surface area (Å²) in [6.45, 7) is 2.40. The number of benzene rings is 1. The van der Waals surface area contributed by atoms with Gasteiger partial charge in [0.15, 0.2) is 5.82 Å². The molecular formula is C13H17N5O. The molecule has 0 aliphatic rings. The lowest BCUT2D eigenvalue weighted by Gasteiger charge is -2.06. The SMILES string of the molecule is Cc1cc(N)cc(C(=O)NCCc2ncn(C)n2)c1. The van der Waals surface area contributed by atoms with Crippen molar-refractivity contribution in [3.05, 3.63) is 41.5 Å². The van der Waals surface area contributed by atoms with E-state index >= 15 is 0 Å². The first-order valence-electron chi connectivity index (χ1n) is 6.04. The maximum absolute atomic E-state index is 11.9. The minimum absolute atomic E-state index is 0.133. The van der Waals surface area contributed by atoms with E-state index < -0.39 is 0 Å². The zero-order valence-corrected chi connectivity index (χ0v) is 11.1. The molecule has 0 saturated carbocycles. The molecule has 1 aromatic carbocycles. The number of rotatable bonds is 4. The Balaban J connectivity index is 1.90. The number of nitrogens with one attached hydrogen (secondary N) is 1. The summed E-state index contributed by atoms with van der Waals surface area (Å²) in [5, 5.41) is 6.97. The van der Waals surface area contributed by atoms with E-state index in [1.165, 1.54) is 0 Å². The number of nitrogen functional groups attached to an aromatic ring is 1. The van der Waals surface area contributed by atoms with Crippen molar-refractivity contribution < 1.29 is 4.79 Å². The van der Waals surface area contributed by atoms with Gasteiger partial charge in [0.25, 0.3) is 5.91 Å². The van der Waals surface area contributed by atoms with Gasteiger partial charge in [-0.05, 0) is 30.7 Å². The molecule has 19 heavy (non-hydrogen) atoms. The number of hydrogen-bond acceptors (Lipinski definition) is 4. The predicted molar refractivity (Wildman–Crippen MR) is 72.6 cm³/mol. The van der Waals surface area contributed by atoms with Crippen LogP contribution < -0.4 is 11.1 Å². The van der Waals surface area contributed by atoms with Gasteiger partial charge in [0.1, 0.15) is 6.33 Å². The fraction of sp³-hybridized carbons (Fsp3) is 0.308. The van der Waals surface area contributed by atoms with Crippen molar-refractivity contribution in [1.82, 2.24) is 20.1 Å². The van der Waals surface area contributed by atoms with Gasteiger partial charge in [-0.1, -0.05) is 0 Å². The van der Waals surface area contributed by atoms with Gasteiger partial charge in [-0.15, -0.1) is 0 Å². The van der Waals surface area contributed by atoms with Crippen LogP contribution in [0.5, 0.6) is 0 Å². The number of carbonyl (C=O) groups excluding carboxylic acids is 1. The van der Waals surface area contributed by atoms with E-state index in [0.717, 1.165) is 5.56 Å². The van der Waals surface area contributed by atoms with Gasteiger partial charge in [-0.2, -0.15) is 5.10 Å². The van der Waals surface area contributed by atoms with Crippen molar-refractivity contribution in [3.63, 3.8) is 0 Å². The highest BCUT2D eigenvalue weighted by Gasteiger charge is 2.07. The average Bonchev–Trinajstić information content (AvgIpc) is 2.73. The summed E-state index contributed by atoms with van der Waals surface area (Å²) < 4.78 is 1.64. The predicted octanol–water partition coefficient (Wildman–Crippen LogP) is 0.678. The van der Waals surface area contributed by atoms with Gasteiger partial charge in [-0.25, -0.2) is 4.98 Å². The molecule has 0 saturated heterocycles. The average molecular weight is 259 g/mol. The third kappa shape index (κ3) is 3.54. The molecule has 6 nitrogen and oxygen atoms in total. The molecule has 1 aromatic heterocycles. The van der Waals surface area contributed by atoms with E-state index in [1.54, 1.807) is 17.1 Å². The van der Waals surface area contributed by atoms with Gasteiger partial charge in [0.05, 0.1) is 0 Å². The highest BCUT2D eigenvalue weighted by atomic mass is 16.1. The lowest BCUT2D eigenvalue weighted by molar-refractivity contribution is 0.0954. The maximum Gasteiger partial charge on any atom is 0.251 e. The summed E-state index contributed by atoms with van der Waals surface area (Å²) in [6.07, 6.45) is 2.24. The number of nitrogens with zero attached hydrogens (tertiary/aromatic N) is 3. The molecule has 0 aliphatic carbocycles.